The SMILES string of the molecule is Fc1cc(Cl)ccc1CNI. The van der Waals surface area contributed by atoms with Crippen LogP contribution in [0.5, 0.6) is 0 Å². The van der Waals surface area contributed by atoms with Gasteiger partial charge in [0.25, 0.3) is 0 Å². The molecule has 1 nitrogen and oxygen atoms in total. The van der Waals surface area contributed by atoms with Gasteiger partial charge in [-0.2, -0.15) is 0 Å². The van der Waals surface area contributed by atoms with E-state index in [9.17, 15) is 4.39 Å². The van der Waals surface area contributed by atoms with Crippen LogP contribution >= 0.6 is 34.5 Å². The van der Waals surface area contributed by atoms with E-state index in [2.05, 4.69) is 3.53 Å². The van der Waals surface area contributed by atoms with Crippen molar-refractivity contribution in [2.24, 2.45) is 0 Å². The lowest BCUT2D eigenvalue weighted by molar-refractivity contribution is 0.609. The van der Waals surface area contributed by atoms with Crippen LogP contribution in [0.3, 0.4) is 0 Å². The summed E-state index contributed by atoms with van der Waals surface area (Å²) in [4.78, 5) is 0. The van der Waals surface area contributed by atoms with E-state index in [0.717, 1.165) is 0 Å². The molecule has 0 atom stereocenters. The third kappa shape index (κ3) is 2.57. The first-order valence-corrected chi connectivity index (χ1v) is 4.47. The second-order valence-electron chi connectivity index (χ2n) is 2.05. The Labute approximate surface area is 83.4 Å². The topological polar surface area (TPSA) is 12.0 Å². The Morgan fingerprint density at radius 2 is 2.27 bits per heavy atom. The van der Waals surface area contributed by atoms with E-state index < -0.39 is 0 Å². The van der Waals surface area contributed by atoms with Gasteiger partial charge in [-0.3, -0.25) is 3.53 Å². The van der Waals surface area contributed by atoms with E-state index in [1.54, 1.807) is 12.1 Å². The highest BCUT2D eigenvalue weighted by atomic mass is 127. The van der Waals surface area contributed by atoms with Crippen molar-refractivity contribution in [3.8, 4) is 0 Å². The van der Waals surface area contributed by atoms with Gasteiger partial charge in [0.05, 0.1) is 0 Å². The highest BCUT2D eigenvalue weighted by Gasteiger charge is 2.00. The zero-order valence-corrected chi connectivity index (χ0v) is 8.49. The molecule has 0 heterocycles. The van der Waals surface area contributed by atoms with Crippen molar-refractivity contribution in [2.75, 3.05) is 0 Å². The Bertz CT molecular complexity index is 254. The Kier molecular flexibility index (Phi) is 3.54. The molecule has 0 aromatic heterocycles. The standard InChI is InChI=1S/C7H6ClFIN/c8-6-2-1-5(4-11-10)7(9)3-6/h1-3,11H,4H2. The normalized spacial score (nSPS) is 10.1. The molecule has 0 unspecified atom stereocenters. The average Bonchev–Trinajstić information content (AvgIpc) is 1.95. The fourth-order valence-electron chi connectivity index (χ4n) is 0.737. The van der Waals surface area contributed by atoms with E-state index in [1.165, 1.54) is 6.07 Å². The van der Waals surface area contributed by atoms with Crippen LogP contribution in [0.2, 0.25) is 5.02 Å². The van der Waals surface area contributed by atoms with Crippen molar-refractivity contribution >= 4 is 34.5 Å². The zero-order chi connectivity index (χ0) is 8.27. The van der Waals surface area contributed by atoms with Crippen molar-refractivity contribution in [1.82, 2.24) is 3.53 Å². The molecule has 0 aliphatic carbocycles. The molecular weight excluding hydrogens is 279 g/mol. The molecule has 11 heavy (non-hydrogen) atoms. The van der Waals surface area contributed by atoms with E-state index in [1.807, 2.05) is 22.9 Å². The number of halogens is 3. The highest BCUT2D eigenvalue weighted by Crippen LogP contribution is 2.14. The predicted molar refractivity (Wildman–Crippen MR) is 52.3 cm³/mol. The fraction of sp³-hybridized carbons (Fsp3) is 0.143. The smallest absolute Gasteiger partial charge is 0.129 e. The van der Waals surface area contributed by atoms with Gasteiger partial charge < -0.3 is 0 Å². The van der Waals surface area contributed by atoms with E-state index in [4.69, 9.17) is 11.6 Å². The van der Waals surface area contributed by atoms with Gasteiger partial charge in [-0.15, -0.1) is 0 Å². The fourth-order valence-corrected chi connectivity index (χ4v) is 1.31. The minimum Gasteiger partial charge on any atom is -0.257 e. The molecular formula is C7H6ClFIN. The maximum Gasteiger partial charge on any atom is 0.129 e. The Hall–Kier alpha value is 0.130. The second kappa shape index (κ2) is 4.23. The average molecular weight is 285 g/mol. The molecule has 0 aliphatic rings. The van der Waals surface area contributed by atoms with E-state index in [0.29, 0.717) is 17.1 Å². The maximum absolute atomic E-state index is 12.9. The van der Waals surface area contributed by atoms with Crippen LogP contribution in [0.4, 0.5) is 4.39 Å². The molecule has 1 N–H and O–H groups in total. The van der Waals surface area contributed by atoms with Gasteiger partial charge in [0.2, 0.25) is 0 Å². The van der Waals surface area contributed by atoms with Gasteiger partial charge in [-0.05, 0) is 12.1 Å². The van der Waals surface area contributed by atoms with Crippen LogP contribution in [0.1, 0.15) is 5.56 Å². The van der Waals surface area contributed by atoms with Crippen molar-refractivity contribution in [2.45, 2.75) is 6.54 Å². The van der Waals surface area contributed by atoms with Crippen LogP contribution in [0.15, 0.2) is 18.2 Å². The van der Waals surface area contributed by atoms with Crippen LogP contribution < -0.4 is 3.53 Å². The molecule has 1 rings (SSSR count). The summed E-state index contributed by atoms with van der Waals surface area (Å²) < 4.78 is 15.7. The number of nitrogens with one attached hydrogen (secondary N) is 1. The van der Waals surface area contributed by atoms with Gasteiger partial charge in [0, 0.05) is 40.0 Å². The number of hydrogen-bond donors (Lipinski definition) is 1. The van der Waals surface area contributed by atoms with Crippen LogP contribution in [-0.2, 0) is 6.54 Å². The first-order valence-electron chi connectivity index (χ1n) is 3.01. The number of hydrogen-bond acceptors (Lipinski definition) is 1. The highest BCUT2D eigenvalue weighted by molar-refractivity contribution is 14.1. The molecule has 0 radical (unpaired) electrons. The summed E-state index contributed by atoms with van der Waals surface area (Å²) in [6.45, 7) is 0.517. The molecule has 0 amide bonds. The van der Waals surface area contributed by atoms with Crippen LogP contribution in [-0.4, -0.2) is 0 Å². The lowest BCUT2D eigenvalue weighted by atomic mass is 10.2. The molecule has 0 saturated carbocycles. The molecule has 1 aromatic carbocycles. The summed E-state index contributed by atoms with van der Waals surface area (Å²) in [5.41, 5.74) is 0.629. The summed E-state index contributed by atoms with van der Waals surface area (Å²) in [6, 6.07) is 4.65. The molecule has 0 fully saturated rings. The first kappa shape index (κ1) is 9.22. The largest absolute Gasteiger partial charge is 0.257 e. The maximum atomic E-state index is 12.9. The molecule has 4 heteroatoms. The molecule has 60 valence electrons. The van der Waals surface area contributed by atoms with E-state index >= 15 is 0 Å². The van der Waals surface area contributed by atoms with Gasteiger partial charge in [0.15, 0.2) is 0 Å². The summed E-state index contributed by atoms with van der Waals surface area (Å²) in [5.74, 6) is -0.262. The molecule has 0 saturated heterocycles. The van der Waals surface area contributed by atoms with Gasteiger partial charge in [-0.1, -0.05) is 17.7 Å². The second-order valence-corrected chi connectivity index (χ2v) is 3.25. The van der Waals surface area contributed by atoms with Gasteiger partial charge in [0.1, 0.15) is 5.82 Å². The quantitative estimate of drug-likeness (QED) is 0.651. The summed E-state index contributed by atoms with van der Waals surface area (Å²) >= 11 is 7.52. The Morgan fingerprint density at radius 1 is 1.55 bits per heavy atom. The Morgan fingerprint density at radius 3 is 2.82 bits per heavy atom. The minimum absolute atomic E-state index is 0.262. The van der Waals surface area contributed by atoms with Crippen LogP contribution in [0, 0.1) is 5.82 Å². The predicted octanol–water partition coefficient (Wildman–Crippen LogP) is 2.92. The summed E-state index contributed by atoms with van der Waals surface area (Å²) in [7, 11) is 0. The molecule has 0 bridgehead atoms. The lowest BCUT2D eigenvalue weighted by Gasteiger charge is -2.00. The monoisotopic (exact) mass is 285 g/mol. The van der Waals surface area contributed by atoms with E-state index in [-0.39, 0.29) is 5.82 Å². The summed E-state index contributed by atoms with van der Waals surface area (Å²) in [5, 5.41) is 0.430. The Balaban J connectivity index is 2.90. The van der Waals surface area contributed by atoms with Crippen molar-refractivity contribution in [3.05, 3.63) is 34.6 Å². The zero-order valence-electron chi connectivity index (χ0n) is 5.57. The van der Waals surface area contributed by atoms with Crippen molar-refractivity contribution in [3.63, 3.8) is 0 Å². The first-order chi connectivity index (χ1) is 5.24. The van der Waals surface area contributed by atoms with Gasteiger partial charge in [-0.25, -0.2) is 4.39 Å². The van der Waals surface area contributed by atoms with Crippen molar-refractivity contribution in [1.29, 1.82) is 0 Å². The minimum atomic E-state index is -0.262. The third-order valence-electron chi connectivity index (χ3n) is 1.27. The number of rotatable bonds is 2. The lowest BCUT2D eigenvalue weighted by Crippen LogP contribution is -1.99. The van der Waals surface area contributed by atoms with Gasteiger partial charge >= 0.3 is 0 Å². The molecule has 0 spiro atoms. The number of benzene rings is 1. The third-order valence-corrected chi connectivity index (χ3v) is 1.89. The molecule has 0 aliphatic heterocycles. The summed E-state index contributed by atoms with van der Waals surface area (Å²) in [6.07, 6.45) is 0. The molecule has 1 aromatic rings. The van der Waals surface area contributed by atoms with Crippen LogP contribution in [0.25, 0.3) is 0 Å². The van der Waals surface area contributed by atoms with Crippen molar-refractivity contribution < 1.29 is 4.39 Å².